The second-order valence-corrected chi connectivity index (χ2v) is 4.90. The van der Waals surface area contributed by atoms with E-state index in [4.69, 9.17) is 0 Å². The van der Waals surface area contributed by atoms with Gasteiger partial charge in [0, 0.05) is 18.1 Å². The maximum atomic E-state index is 12.1. The van der Waals surface area contributed by atoms with Gasteiger partial charge in [-0.15, -0.1) is 11.3 Å². The number of hydrogen-bond donors (Lipinski definition) is 1. The Labute approximate surface area is 99.7 Å². The summed E-state index contributed by atoms with van der Waals surface area (Å²) >= 11 is 1.61. The molecule has 5 heteroatoms. The van der Waals surface area contributed by atoms with Crippen molar-refractivity contribution in [1.29, 1.82) is 0 Å². The molecule has 1 fully saturated rings. The van der Waals surface area contributed by atoms with Crippen LogP contribution in [-0.4, -0.2) is 34.9 Å². The van der Waals surface area contributed by atoms with Crippen molar-refractivity contribution in [3.05, 3.63) is 16.6 Å². The lowest BCUT2D eigenvalue weighted by atomic mass is 10.2. The van der Waals surface area contributed by atoms with E-state index in [0.29, 0.717) is 0 Å². The highest BCUT2D eigenvalue weighted by atomic mass is 32.1. The van der Waals surface area contributed by atoms with E-state index in [9.17, 15) is 4.79 Å². The van der Waals surface area contributed by atoms with Crippen molar-refractivity contribution in [3.63, 3.8) is 0 Å². The molecule has 2 heterocycles. The summed E-state index contributed by atoms with van der Waals surface area (Å²) in [6.07, 6.45) is 2.70. The molecule has 2 atom stereocenters. The number of amides is 1. The molecular weight excluding hydrogens is 222 g/mol. The minimum Gasteiger partial charge on any atom is -0.332 e. The van der Waals surface area contributed by atoms with Crippen LogP contribution >= 0.6 is 11.3 Å². The normalized spacial score (nSPS) is 22.8. The quantitative estimate of drug-likeness (QED) is 0.864. The SMILES string of the molecule is CCNC1CCN(C(C)c2nccs2)C1=O. The Kier molecular flexibility index (Phi) is 3.56. The van der Waals surface area contributed by atoms with E-state index in [1.165, 1.54) is 0 Å². The molecule has 1 aliphatic heterocycles. The van der Waals surface area contributed by atoms with Crippen molar-refractivity contribution in [1.82, 2.24) is 15.2 Å². The molecule has 1 amide bonds. The number of hydrogen-bond acceptors (Lipinski definition) is 4. The first-order valence-electron chi connectivity index (χ1n) is 5.67. The standard InChI is InChI=1S/C11H17N3OS/c1-3-12-9-4-6-14(11(9)15)8(2)10-13-5-7-16-10/h5,7-9,12H,3-4,6H2,1-2H3. The molecule has 2 rings (SSSR count). The lowest BCUT2D eigenvalue weighted by Crippen LogP contribution is -2.39. The highest BCUT2D eigenvalue weighted by Gasteiger charge is 2.34. The molecular formula is C11H17N3OS. The third-order valence-corrected chi connectivity index (χ3v) is 3.91. The molecule has 88 valence electrons. The number of nitrogens with one attached hydrogen (secondary N) is 1. The molecule has 4 nitrogen and oxygen atoms in total. The number of carbonyl (C=O) groups excluding carboxylic acids is 1. The highest BCUT2D eigenvalue weighted by Crippen LogP contribution is 2.26. The molecule has 0 bridgehead atoms. The highest BCUT2D eigenvalue weighted by molar-refractivity contribution is 7.09. The fourth-order valence-electron chi connectivity index (χ4n) is 2.10. The first-order valence-corrected chi connectivity index (χ1v) is 6.55. The van der Waals surface area contributed by atoms with Gasteiger partial charge in [-0.05, 0) is 19.9 Å². The summed E-state index contributed by atoms with van der Waals surface area (Å²) in [6.45, 7) is 5.75. The van der Waals surface area contributed by atoms with Gasteiger partial charge in [-0.3, -0.25) is 4.79 Å². The third kappa shape index (κ3) is 2.10. The van der Waals surface area contributed by atoms with Crippen molar-refractivity contribution in [2.24, 2.45) is 0 Å². The fraction of sp³-hybridized carbons (Fsp3) is 0.636. The van der Waals surface area contributed by atoms with Gasteiger partial charge >= 0.3 is 0 Å². The molecule has 0 saturated carbocycles. The Balaban J connectivity index is 2.04. The lowest BCUT2D eigenvalue weighted by Gasteiger charge is -2.23. The van der Waals surface area contributed by atoms with E-state index in [1.807, 2.05) is 24.1 Å². The minimum absolute atomic E-state index is 0.00686. The first-order chi connectivity index (χ1) is 7.74. The molecule has 0 aliphatic carbocycles. The summed E-state index contributed by atoms with van der Waals surface area (Å²) in [4.78, 5) is 18.3. The summed E-state index contributed by atoms with van der Waals surface area (Å²) in [5, 5.41) is 6.19. The van der Waals surface area contributed by atoms with Gasteiger partial charge in [0.2, 0.25) is 5.91 Å². The molecule has 1 aliphatic rings. The zero-order valence-electron chi connectivity index (χ0n) is 9.64. The molecule has 1 N–H and O–H groups in total. The van der Waals surface area contributed by atoms with Crippen molar-refractivity contribution in [3.8, 4) is 0 Å². The lowest BCUT2D eigenvalue weighted by molar-refractivity contribution is -0.131. The average Bonchev–Trinajstić information content (AvgIpc) is 2.89. The molecule has 0 radical (unpaired) electrons. The Hall–Kier alpha value is -0.940. The number of nitrogens with zero attached hydrogens (tertiary/aromatic N) is 2. The van der Waals surface area contributed by atoms with E-state index in [-0.39, 0.29) is 18.0 Å². The van der Waals surface area contributed by atoms with E-state index >= 15 is 0 Å². The smallest absolute Gasteiger partial charge is 0.240 e. The molecule has 0 spiro atoms. The van der Waals surface area contributed by atoms with Crippen LogP contribution in [0.25, 0.3) is 0 Å². The van der Waals surface area contributed by atoms with Crippen LogP contribution in [0.4, 0.5) is 0 Å². The van der Waals surface area contributed by atoms with Gasteiger partial charge < -0.3 is 10.2 Å². The van der Waals surface area contributed by atoms with Crippen LogP contribution in [0.5, 0.6) is 0 Å². The van der Waals surface area contributed by atoms with E-state index < -0.39 is 0 Å². The van der Waals surface area contributed by atoms with Crippen LogP contribution in [0.1, 0.15) is 31.3 Å². The van der Waals surface area contributed by atoms with Crippen LogP contribution in [0.3, 0.4) is 0 Å². The Bertz CT molecular complexity index is 352. The van der Waals surface area contributed by atoms with E-state index in [1.54, 1.807) is 17.5 Å². The van der Waals surface area contributed by atoms with Crippen LogP contribution < -0.4 is 5.32 Å². The first kappa shape index (κ1) is 11.5. The summed E-state index contributed by atoms with van der Waals surface area (Å²) in [7, 11) is 0. The average molecular weight is 239 g/mol. The largest absolute Gasteiger partial charge is 0.332 e. The van der Waals surface area contributed by atoms with Gasteiger partial charge in [0.05, 0.1) is 12.1 Å². The zero-order chi connectivity index (χ0) is 11.5. The number of aromatic nitrogens is 1. The monoisotopic (exact) mass is 239 g/mol. The molecule has 1 aromatic heterocycles. The predicted molar refractivity (Wildman–Crippen MR) is 64.3 cm³/mol. The van der Waals surface area contributed by atoms with E-state index in [2.05, 4.69) is 10.3 Å². The molecule has 1 aromatic rings. The zero-order valence-corrected chi connectivity index (χ0v) is 10.5. The summed E-state index contributed by atoms with van der Waals surface area (Å²) in [5.74, 6) is 0.213. The Morgan fingerprint density at radius 1 is 1.75 bits per heavy atom. The van der Waals surface area contributed by atoms with Crippen LogP contribution in [0, 0.1) is 0 Å². The maximum Gasteiger partial charge on any atom is 0.240 e. The van der Waals surface area contributed by atoms with Crippen molar-refractivity contribution in [2.45, 2.75) is 32.4 Å². The maximum absolute atomic E-state index is 12.1. The van der Waals surface area contributed by atoms with Gasteiger partial charge in [-0.1, -0.05) is 6.92 Å². The van der Waals surface area contributed by atoms with Gasteiger partial charge in [0.25, 0.3) is 0 Å². The van der Waals surface area contributed by atoms with E-state index in [0.717, 1.165) is 24.5 Å². The van der Waals surface area contributed by atoms with Gasteiger partial charge in [0.1, 0.15) is 5.01 Å². The predicted octanol–water partition coefficient (Wildman–Crippen LogP) is 1.41. The van der Waals surface area contributed by atoms with Gasteiger partial charge in [-0.2, -0.15) is 0 Å². The molecule has 2 unspecified atom stereocenters. The van der Waals surface area contributed by atoms with Gasteiger partial charge in [-0.25, -0.2) is 4.98 Å². The number of carbonyl (C=O) groups is 1. The summed E-state index contributed by atoms with van der Waals surface area (Å²) < 4.78 is 0. The number of rotatable bonds is 4. The summed E-state index contributed by atoms with van der Waals surface area (Å²) in [6, 6.07) is 0.114. The second kappa shape index (κ2) is 4.93. The second-order valence-electron chi connectivity index (χ2n) is 3.98. The Morgan fingerprint density at radius 2 is 2.56 bits per heavy atom. The van der Waals surface area contributed by atoms with Crippen LogP contribution in [0.15, 0.2) is 11.6 Å². The number of likely N-dealkylation sites (N-methyl/N-ethyl adjacent to an activating group) is 1. The van der Waals surface area contributed by atoms with Gasteiger partial charge in [0.15, 0.2) is 0 Å². The minimum atomic E-state index is 0.00686. The van der Waals surface area contributed by atoms with Crippen LogP contribution in [0.2, 0.25) is 0 Å². The third-order valence-electron chi connectivity index (χ3n) is 2.97. The molecule has 0 aromatic carbocycles. The Morgan fingerprint density at radius 3 is 3.19 bits per heavy atom. The number of thiazole rings is 1. The molecule has 16 heavy (non-hydrogen) atoms. The molecule has 1 saturated heterocycles. The van der Waals surface area contributed by atoms with Crippen LogP contribution in [-0.2, 0) is 4.79 Å². The fourth-order valence-corrected chi connectivity index (χ4v) is 2.80. The number of likely N-dealkylation sites (tertiary alicyclic amines) is 1. The summed E-state index contributed by atoms with van der Waals surface area (Å²) in [5.41, 5.74) is 0. The van der Waals surface area contributed by atoms with Crippen molar-refractivity contribution in [2.75, 3.05) is 13.1 Å². The topological polar surface area (TPSA) is 45.2 Å². The van der Waals surface area contributed by atoms with Crippen molar-refractivity contribution < 1.29 is 4.79 Å². The van der Waals surface area contributed by atoms with Crippen molar-refractivity contribution >= 4 is 17.2 Å².